The molecule has 3 heterocycles. The van der Waals surface area contributed by atoms with Crippen molar-refractivity contribution < 1.29 is 8.42 Å². The molecule has 27 heavy (non-hydrogen) atoms. The fourth-order valence-electron chi connectivity index (χ4n) is 3.77. The number of hydrogen-bond donors (Lipinski definition) is 2. The molecule has 1 aliphatic heterocycles. The van der Waals surface area contributed by atoms with E-state index in [4.69, 9.17) is 0 Å². The average Bonchev–Trinajstić information content (AvgIpc) is 3.26. The third-order valence-corrected chi connectivity index (χ3v) is 6.83. The monoisotopic (exact) mass is 374 g/mol. The summed E-state index contributed by atoms with van der Waals surface area (Å²) in [6, 6.07) is 13.3. The summed E-state index contributed by atoms with van der Waals surface area (Å²) >= 11 is 0. The predicted octanol–water partition coefficient (Wildman–Crippen LogP) is 3.66. The molecule has 0 bridgehead atoms. The predicted molar refractivity (Wildman–Crippen MR) is 104 cm³/mol. The topological polar surface area (TPSA) is 98.6 Å². The Balaban J connectivity index is 1.82. The average molecular weight is 374 g/mol. The fourth-order valence-corrected chi connectivity index (χ4v) is 5.31. The zero-order chi connectivity index (χ0) is 18.6. The van der Waals surface area contributed by atoms with Crippen molar-refractivity contribution in [2.45, 2.75) is 11.3 Å². The number of fused-ring (bicyclic) bond motifs is 4. The van der Waals surface area contributed by atoms with Crippen molar-refractivity contribution in [1.29, 1.82) is 5.26 Å². The third kappa shape index (κ3) is 2.31. The molecule has 6 nitrogen and oxygen atoms in total. The van der Waals surface area contributed by atoms with Gasteiger partial charge in [0.2, 0.25) is 0 Å². The number of anilines is 2. The van der Waals surface area contributed by atoms with Crippen molar-refractivity contribution in [2.24, 2.45) is 0 Å². The Morgan fingerprint density at radius 3 is 2.93 bits per heavy atom. The number of aromatic amines is 1. The molecule has 0 saturated heterocycles. The number of aromatic nitrogens is 2. The molecule has 0 aliphatic carbocycles. The van der Waals surface area contributed by atoms with Crippen LogP contribution >= 0.6 is 0 Å². The summed E-state index contributed by atoms with van der Waals surface area (Å²) in [6.45, 7) is 0. The minimum atomic E-state index is -3.28. The molecule has 132 valence electrons. The first-order valence-corrected chi connectivity index (χ1v) is 10.1. The molecule has 0 unspecified atom stereocenters. The van der Waals surface area contributed by atoms with Crippen LogP contribution in [0.15, 0.2) is 53.7 Å². The van der Waals surface area contributed by atoms with Gasteiger partial charge in [0.25, 0.3) is 0 Å². The van der Waals surface area contributed by atoms with Crippen LogP contribution in [0.4, 0.5) is 11.4 Å². The molecule has 1 aliphatic rings. The maximum atomic E-state index is 12.4. The molecule has 0 fully saturated rings. The number of nitrogens with zero attached hydrogens (tertiary/aromatic N) is 2. The van der Waals surface area contributed by atoms with E-state index >= 15 is 0 Å². The number of benzene rings is 2. The van der Waals surface area contributed by atoms with Gasteiger partial charge in [-0.2, -0.15) is 5.26 Å². The van der Waals surface area contributed by atoms with Gasteiger partial charge < -0.3 is 10.3 Å². The van der Waals surface area contributed by atoms with Crippen molar-refractivity contribution in [2.75, 3.05) is 11.1 Å². The SMILES string of the molecule is N#Cc1cnc2ccc3c(c2c1Nc1cccc2[nH]ccc12)CCS3(=O)=O. The van der Waals surface area contributed by atoms with Gasteiger partial charge in [-0.1, -0.05) is 6.07 Å². The van der Waals surface area contributed by atoms with E-state index in [0.717, 1.165) is 22.2 Å². The minimum absolute atomic E-state index is 0.0884. The van der Waals surface area contributed by atoms with Crippen LogP contribution in [0.25, 0.3) is 21.8 Å². The summed E-state index contributed by atoms with van der Waals surface area (Å²) < 4.78 is 24.7. The standard InChI is InChI=1S/C20H14N4O2S/c21-10-12-11-23-17-4-5-18-14(7-9-27(18,25)26)19(17)20(12)24-16-3-1-2-15-13(16)6-8-22-15/h1-6,8,11,22H,7,9H2,(H,23,24). The van der Waals surface area contributed by atoms with Gasteiger partial charge in [-0.3, -0.25) is 4.98 Å². The number of H-pyrrole nitrogens is 1. The second kappa shape index (κ2) is 5.56. The number of aryl methyl sites for hydroxylation is 1. The molecule has 2 aromatic carbocycles. The Kier molecular flexibility index (Phi) is 3.27. The highest BCUT2D eigenvalue weighted by Gasteiger charge is 2.29. The van der Waals surface area contributed by atoms with E-state index in [1.807, 2.05) is 30.5 Å². The van der Waals surface area contributed by atoms with Crippen molar-refractivity contribution in [3.8, 4) is 6.07 Å². The van der Waals surface area contributed by atoms with E-state index in [1.54, 1.807) is 12.1 Å². The molecule has 2 aromatic heterocycles. The molecular weight excluding hydrogens is 360 g/mol. The van der Waals surface area contributed by atoms with Gasteiger partial charge in [-0.05, 0) is 42.3 Å². The number of nitriles is 1. The molecule has 0 spiro atoms. The third-order valence-electron chi connectivity index (χ3n) is 5.03. The zero-order valence-electron chi connectivity index (χ0n) is 14.2. The van der Waals surface area contributed by atoms with Crippen LogP contribution in [0, 0.1) is 11.3 Å². The first-order valence-electron chi connectivity index (χ1n) is 8.49. The minimum Gasteiger partial charge on any atom is -0.361 e. The Labute approximate surface area is 155 Å². The van der Waals surface area contributed by atoms with Gasteiger partial charge in [0.15, 0.2) is 9.84 Å². The van der Waals surface area contributed by atoms with Crippen LogP contribution in [0.2, 0.25) is 0 Å². The lowest BCUT2D eigenvalue weighted by Gasteiger charge is -2.14. The van der Waals surface area contributed by atoms with Gasteiger partial charge in [0.1, 0.15) is 6.07 Å². The number of nitrogens with one attached hydrogen (secondary N) is 2. The van der Waals surface area contributed by atoms with E-state index in [1.165, 1.54) is 6.20 Å². The Morgan fingerprint density at radius 1 is 1.19 bits per heavy atom. The first-order chi connectivity index (χ1) is 13.1. The molecule has 2 N–H and O–H groups in total. The Bertz CT molecular complexity index is 1380. The van der Waals surface area contributed by atoms with Crippen LogP contribution in [0.3, 0.4) is 0 Å². The van der Waals surface area contributed by atoms with Crippen molar-refractivity contribution in [3.63, 3.8) is 0 Å². The normalized spacial score (nSPS) is 14.9. The summed E-state index contributed by atoms with van der Waals surface area (Å²) in [5, 5.41) is 14.7. The van der Waals surface area contributed by atoms with Gasteiger partial charge >= 0.3 is 0 Å². The summed E-state index contributed by atoms with van der Waals surface area (Å²) in [5.74, 6) is 0.0884. The largest absolute Gasteiger partial charge is 0.361 e. The zero-order valence-corrected chi connectivity index (χ0v) is 15.0. The van der Waals surface area contributed by atoms with E-state index in [9.17, 15) is 13.7 Å². The number of sulfone groups is 1. The molecule has 0 atom stereocenters. The van der Waals surface area contributed by atoms with Crippen LogP contribution in [0.1, 0.15) is 11.1 Å². The van der Waals surface area contributed by atoms with Gasteiger partial charge in [-0.15, -0.1) is 0 Å². The highest BCUT2D eigenvalue weighted by Crippen LogP contribution is 2.39. The first kappa shape index (κ1) is 15.9. The molecule has 0 saturated carbocycles. The van der Waals surface area contributed by atoms with E-state index < -0.39 is 9.84 Å². The summed E-state index contributed by atoms with van der Waals surface area (Å²) in [4.78, 5) is 7.88. The number of rotatable bonds is 2. The molecule has 5 rings (SSSR count). The van der Waals surface area contributed by atoms with Crippen LogP contribution in [-0.4, -0.2) is 24.1 Å². The Hall–Kier alpha value is -3.37. The molecule has 0 amide bonds. The van der Waals surface area contributed by atoms with Gasteiger partial charge in [0, 0.05) is 34.4 Å². The highest BCUT2D eigenvalue weighted by atomic mass is 32.2. The van der Waals surface area contributed by atoms with Crippen LogP contribution in [0.5, 0.6) is 0 Å². The summed E-state index contributed by atoms with van der Waals surface area (Å²) in [7, 11) is -3.28. The fraction of sp³-hybridized carbons (Fsp3) is 0.100. The van der Waals surface area contributed by atoms with Crippen molar-refractivity contribution in [1.82, 2.24) is 9.97 Å². The van der Waals surface area contributed by atoms with Gasteiger partial charge in [0.05, 0.1) is 27.4 Å². The van der Waals surface area contributed by atoms with E-state index in [0.29, 0.717) is 33.5 Å². The maximum absolute atomic E-state index is 12.4. The van der Waals surface area contributed by atoms with Crippen LogP contribution in [-0.2, 0) is 16.3 Å². The van der Waals surface area contributed by atoms with Gasteiger partial charge in [-0.25, -0.2) is 8.42 Å². The highest BCUT2D eigenvalue weighted by molar-refractivity contribution is 7.91. The summed E-state index contributed by atoms with van der Waals surface area (Å²) in [5.41, 5.74) is 4.22. The lowest BCUT2D eigenvalue weighted by Crippen LogP contribution is -2.00. The molecular formula is C20H14N4O2S. The lowest BCUT2D eigenvalue weighted by atomic mass is 10.0. The van der Waals surface area contributed by atoms with Crippen LogP contribution < -0.4 is 5.32 Å². The number of hydrogen-bond acceptors (Lipinski definition) is 5. The second-order valence-electron chi connectivity index (χ2n) is 6.53. The van der Waals surface area contributed by atoms with E-state index in [2.05, 4.69) is 21.4 Å². The smallest absolute Gasteiger partial charge is 0.179 e. The van der Waals surface area contributed by atoms with Crippen molar-refractivity contribution in [3.05, 3.63) is 59.9 Å². The quantitative estimate of drug-likeness (QED) is 0.558. The molecule has 7 heteroatoms. The Morgan fingerprint density at radius 2 is 2.07 bits per heavy atom. The van der Waals surface area contributed by atoms with Crippen molar-refractivity contribution >= 4 is 43.0 Å². The van der Waals surface area contributed by atoms with E-state index in [-0.39, 0.29) is 5.75 Å². The second-order valence-corrected chi connectivity index (χ2v) is 8.61. The summed E-state index contributed by atoms with van der Waals surface area (Å²) in [6.07, 6.45) is 3.81. The lowest BCUT2D eigenvalue weighted by molar-refractivity contribution is 0.600. The maximum Gasteiger partial charge on any atom is 0.179 e. The molecule has 0 radical (unpaired) electrons. The number of pyridine rings is 1. The molecule has 4 aromatic rings.